The summed E-state index contributed by atoms with van der Waals surface area (Å²) in [4.78, 5) is 0. The second-order valence-electron chi connectivity index (χ2n) is 4.21. The first kappa shape index (κ1) is 12.4. The van der Waals surface area contributed by atoms with Crippen molar-refractivity contribution in [3.63, 3.8) is 0 Å². The Balaban J connectivity index is 2.35. The van der Waals surface area contributed by atoms with Crippen molar-refractivity contribution in [2.24, 2.45) is 0 Å². The van der Waals surface area contributed by atoms with Crippen LogP contribution in [0.3, 0.4) is 0 Å². The highest BCUT2D eigenvalue weighted by Crippen LogP contribution is 2.35. The van der Waals surface area contributed by atoms with Gasteiger partial charge in [0.05, 0.1) is 5.56 Å². The van der Waals surface area contributed by atoms with Crippen LogP contribution in [-0.2, 0) is 6.18 Å². The molecule has 0 radical (unpaired) electrons. The number of rotatable bonds is 1. The molecule has 1 nitrogen and oxygen atoms in total. The fourth-order valence-electron chi connectivity index (χ4n) is 2.16. The maximum Gasteiger partial charge on any atom is 0.419 e. The molecule has 17 heavy (non-hydrogen) atoms. The van der Waals surface area contributed by atoms with Gasteiger partial charge >= 0.3 is 6.18 Å². The molecule has 1 N–H and O–H groups in total. The summed E-state index contributed by atoms with van der Waals surface area (Å²) in [5.74, 6) is -1.14. The Morgan fingerprint density at radius 3 is 2.53 bits per heavy atom. The monoisotopic (exact) mass is 247 g/mol. The van der Waals surface area contributed by atoms with Crippen LogP contribution < -0.4 is 5.32 Å². The number of nitrogens with one attached hydrogen (secondary N) is 1. The summed E-state index contributed by atoms with van der Waals surface area (Å²) in [6, 6.07) is 3.17. The fourth-order valence-corrected chi connectivity index (χ4v) is 2.16. The van der Waals surface area contributed by atoms with Gasteiger partial charge in [0.15, 0.2) is 0 Å². The van der Waals surface area contributed by atoms with Gasteiger partial charge in [0, 0.05) is 11.6 Å². The molecule has 1 aliphatic rings. The van der Waals surface area contributed by atoms with Crippen LogP contribution in [0, 0.1) is 5.82 Å². The molecular formula is C12H13F4N. The summed E-state index contributed by atoms with van der Waals surface area (Å²) in [7, 11) is 0. The van der Waals surface area contributed by atoms with E-state index in [9.17, 15) is 17.6 Å². The Kier molecular flexibility index (Phi) is 3.38. The summed E-state index contributed by atoms with van der Waals surface area (Å²) in [5.41, 5.74) is -1.05. The molecular weight excluding hydrogens is 234 g/mol. The van der Waals surface area contributed by atoms with Gasteiger partial charge in [-0.3, -0.25) is 0 Å². The van der Waals surface area contributed by atoms with Crippen LogP contribution in [0.2, 0.25) is 0 Å². The third-order valence-electron chi connectivity index (χ3n) is 3.02. The fraction of sp³-hybridized carbons (Fsp3) is 0.500. The summed E-state index contributed by atoms with van der Waals surface area (Å²) in [6.07, 6.45) is -2.06. The van der Waals surface area contributed by atoms with E-state index in [0.29, 0.717) is 6.42 Å². The summed E-state index contributed by atoms with van der Waals surface area (Å²) in [5, 5.41) is 3.05. The molecule has 0 saturated carbocycles. The zero-order valence-electron chi connectivity index (χ0n) is 9.15. The van der Waals surface area contributed by atoms with Gasteiger partial charge in [-0.25, -0.2) is 4.39 Å². The molecule has 0 aromatic heterocycles. The number of piperidine rings is 1. The Morgan fingerprint density at radius 1 is 1.18 bits per heavy atom. The summed E-state index contributed by atoms with van der Waals surface area (Å²) >= 11 is 0. The standard InChI is InChI=1S/C12H13F4N/c13-11-8(10-6-1-2-7-17-10)4-3-5-9(11)12(14,15)16/h3-5,10,17H,1-2,6-7H2/t10-/m0/s1. The molecule has 1 fully saturated rings. The lowest BCUT2D eigenvalue weighted by atomic mass is 9.95. The second kappa shape index (κ2) is 4.64. The van der Waals surface area contributed by atoms with Crippen LogP contribution >= 0.6 is 0 Å². The normalized spacial score (nSPS) is 21.5. The van der Waals surface area contributed by atoms with Crippen molar-refractivity contribution in [3.05, 3.63) is 35.1 Å². The largest absolute Gasteiger partial charge is 0.419 e. The van der Waals surface area contributed by atoms with Crippen LogP contribution in [-0.4, -0.2) is 6.54 Å². The number of hydrogen-bond donors (Lipinski definition) is 1. The highest BCUT2D eigenvalue weighted by atomic mass is 19.4. The molecule has 1 aliphatic heterocycles. The summed E-state index contributed by atoms with van der Waals surface area (Å²) in [6.45, 7) is 0.723. The first-order chi connectivity index (χ1) is 8.00. The highest BCUT2D eigenvalue weighted by Gasteiger charge is 2.35. The number of hydrogen-bond acceptors (Lipinski definition) is 1. The van der Waals surface area contributed by atoms with E-state index in [-0.39, 0.29) is 11.6 Å². The van der Waals surface area contributed by atoms with Crippen molar-refractivity contribution in [1.29, 1.82) is 0 Å². The molecule has 1 heterocycles. The van der Waals surface area contributed by atoms with Gasteiger partial charge in [0.25, 0.3) is 0 Å². The quantitative estimate of drug-likeness (QED) is 0.747. The van der Waals surface area contributed by atoms with Gasteiger partial charge in [-0.05, 0) is 25.5 Å². The average Bonchev–Trinajstić information content (AvgIpc) is 2.29. The minimum absolute atomic E-state index is 0.125. The lowest BCUT2D eigenvalue weighted by Crippen LogP contribution is -2.28. The first-order valence-corrected chi connectivity index (χ1v) is 5.59. The van der Waals surface area contributed by atoms with Crippen molar-refractivity contribution in [2.45, 2.75) is 31.5 Å². The average molecular weight is 247 g/mol. The highest BCUT2D eigenvalue weighted by molar-refractivity contribution is 5.30. The molecule has 2 rings (SSSR count). The second-order valence-corrected chi connectivity index (χ2v) is 4.21. The SMILES string of the molecule is Fc1c([C@@H]2CCCCN2)cccc1C(F)(F)F. The van der Waals surface area contributed by atoms with Crippen molar-refractivity contribution < 1.29 is 17.6 Å². The Morgan fingerprint density at radius 2 is 1.94 bits per heavy atom. The Bertz CT molecular complexity index is 394. The summed E-state index contributed by atoms with van der Waals surface area (Å²) < 4.78 is 51.4. The van der Waals surface area contributed by atoms with E-state index >= 15 is 0 Å². The molecule has 1 saturated heterocycles. The van der Waals surface area contributed by atoms with Crippen LogP contribution in [0.15, 0.2) is 18.2 Å². The van der Waals surface area contributed by atoms with E-state index in [1.54, 1.807) is 0 Å². The zero-order chi connectivity index (χ0) is 12.5. The zero-order valence-corrected chi connectivity index (χ0v) is 9.15. The van der Waals surface area contributed by atoms with E-state index < -0.39 is 17.6 Å². The van der Waals surface area contributed by atoms with E-state index in [1.807, 2.05) is 0 Å². The predicted octanol–water partition coefficient (Wildman–Crippen LogP) is 3.66. The molecule has 1 atom stereocenters. The van der Waals surface area contributed by atoms with Crippen molar-refractivity contribution in [1.82, 2.24) is 5.32 Å². The maximum atomic E-state index is 13.8. The number of alkyl halides is 3. The maximum absolute atomic E-state index is 13.8. The number of halogens is 4. The van der Waals surface area contributed by atoms with Gasteiger partial charge in [-0.1, -0.05) is 18.6 Å². The molecule has 1 aromatic carbocycles. The predicted molar refractivity (Wildman–Crippen MR) is 56.0 cm³/mol. The molecule has 0 spiro atoms. The van der Waals surface area contributed by atoms with E-state index in [2.05, 4.69) is 5.32 Å². The van der Waals surface area contributed by atoms with E-state index in [0.717, 1.165) is 25.5 Å². The third-order valence-corrected chi connectivity index (χ3v) is 3.02. The van der Waals surface area contributed by atoms with Crippen LogP contribution in [0.25, 0.3) is 0 Å². The van der Waals surface area contributed by atoms with E-state index in [4.69, 9.17) is 0 Å². The number of benzene rings is 1. The third kappa shape index (κ3) is 2.60. The molecule has 5 heteroatoms. The topological polar surface area (TPSA) is 12.0 Å². The molecule has 0 amide bonds. The molecule has 94 valence electrons. The Labute approximate surface area is 96.8 Å². The Hall–Kier alpha value is -1.10. The van der Waals surface area contributed by atoms with Crippen molar-refractivity contribution >= 4 is 0 Å². The van der Waals surface area contributed by atoms with Gasteiger partial charge < -0.3 is 5.32 Å². The molecule has 0 bridgehead atoms. The van der Waals surface area contributed by atoms with Crippen molar-refractivity contribution in [2.75, 3.05) is 6.54 Å². The van der Waals surface area contributed by atoms with Gasteiger partial charge in [-0.15, -0.1) is 0 Å². The van der Waals surface area contributed by atoms with Gasteiger partial charge in [0.1, 0.15) is 5.82 Å². The van der Waals surface area contributed by atoms with Crippen LogP contribution in [0.4, 0.5) is 17.6 Å². The van der Waals surface area contributed by atoms with Crippen LogP contribution in [0.5, 0.6) is 0 Å². The smallest absolute Gasteiger partial charge is 0.310 e. The minimum atomic E-state index is -4.63. The lowest BCUT2D eigenvalue weighted by Gasteiger charge is -2.25. The molecule has 0 aliphatic carbocycles. The van der Waals surface area contributed by atoms with Gasteiger partial charge in [0.2, 0.25) is 0 Å². The lowest BCUT2D eigenvalue weighted by molar-refractivity contribution is -0.140. The van der Waals surface area contributed by atoms with Gasteiger partial charge in [-0.2, -0.15) is 13.2 Å². The van der Waals surface area contributed by atoms with E-state index in [1.165, 1.54) is 12.1 Å². The molecule has 1 aromatic rings. The minimum Gasteiger partial charge on any atom is -0.310 e. The van der Waals surface area contributed by atoms with Crippen molar-refractivity contribution in [3.8, 4) is 0 Å². The molecule has 0 unspecified atom stereocenters. The van der Waals surface area contributed by atoms with Crippen LogP contribution in [0.1, 0.15) is 36.4 Å². The first-order valence-electron chi connectivity index (χ1n) is 5.59.